The van der Waals surface area contributed by atoms with Gasteiger partial charge in [-0.1, -0.05) is 26.8 Å². The van der Waals surface area contributed by atoms with Crippen molar-refractivity contribution >= 4 is 17.9 Å². The highest BCUT2D eigenvalue weighted by Crippen LogP contribution is 2.23. The van der Waals surface area contributed by atoms with Crippen LogP contribution in [-0.2, 0) is 22.6 Å². The summed E-state index contributed by atoms with van der Waals surface area (Å²) < 4.78 is 7.17. The molecule has 1 aromatic heterocycles. The Kier molecular flexibility index (Phi) is 7.37. The van der Waals surface area contributed by atoms with E-state index in [1.54, 1.807) is 14.2 Å². The molecule has 1 atom stereocenters. The van der Waals surface area contributed by atoms with Crippen molar-refractivity contribution in [2.75, 3.05) is 34.4 Å². The maximum atomic E-state index is 13.1. The third kappa shape index (κ3) is 5.20. The molecule has 1 aliphatic heterocycles. The molecule has 8 heteroatoms. The molecule has 1 aromatic rings. The molecular formula is C20H33N5O3. The van der Waals surface area contributed by atoms with Gasteiger partial charge in [-0.2, -0.15) is 0 Å². The second-order valence-electron chi connectivity index (χ2n) is 8.25. The monoisotopic (exact) mass is 391 g/mol. The average molecular weight is 392 g/mol. The molecule has 0 saturated carbocycles. The van der Waals surface area contributed by atoms with Crippen LogP contribution >= 0.6 is 0 Å². The molecule has 0 unspecified atom stereocenters. The van der Waals surface area contributed by atoms with Gasteiger partial charge in [-0.05, 0) is 31.5 Å². The molecular weight excluding hydrogens is 358 g/mol. The van der Waals surface area contributed by atoms with E-state index in [2.05, 4.69) is 25.1 Å². The van der Waals surface area contributed by atoms with Crippen molar-refractivity contribution in [3.63, 3.8) is 0 Å². The highest BCUT2D eigenvalue weighted by atomic mass is 16.5. The summed E-state index contributed by atoms with van der Waals surface area (Å²) in [6, 6.07) is -0.654. The summed E-state index contributed by atoms with van der Waals surface area (Å²) in [6.07, 6.45) is 4.75. The van der Waals surface area contributed by atoms with Gasteiger partial charge in [-0.3, -0.25) is 9.59 Å². The molecule has 28 heavy (non-hydrogen) atoms. The number of rotatable bonds is 6. The number of amides is 2. The minimum Gasteiger partial charge on any atom is -0.381 e. The van der Waals surface area contributed by atoms with Gasteiger partial charge in [0, 0.05) is 27.2 Å². The van der Waals surface area contributed by atoms with Gasteiger partial charge in [0.25, 0.3) is 5.91 Å². The molecule has 156 valence electrons. The molecule has 8 nitrogen and oxygen atoms in total. The standard InChI is InChI=1S/C20H33N5O3/c1-20(2,3)17(19(27)21-4)23-18(26)16-14-13-24(5)10-8-11-25(14)15(22-16)9-7-12-28-6/h7,9,17H,8,10-13H2,1-6H3,(H,21,27)(H,23,26)/t17-/m1/s1. The molecule has 2 amide bonds. The fraction of sp³-hybridized carbons (Fsp3) is 0.650. The molecule has 0 radical (unpaired) electrons. The van der Waals surface area contributed by atoms with E-state index in [0.717, 1.165) is 31.0 Å². The summed E-state index contributed by atoms with van der Waals surface area (Å²) in [7, 11) is 5.24. The van der Waals surface area contributed by atoms with Crippen LogP contribution in [0.2, 0.25) is 0 Å². The number of imidazole rings is 1. The first-order valence-electron chi connectivity index (χ1n) is 9.65. The lowest BCUT2D eigenvalue weighted by molar-refractivity contribution is -0.124. The highest BCUT2D eigenvalue weighted by molar-refractivity contribution is 5.97. The Bertz CT molecular complexity index is 733. The lowest BCUT2D eigenvalue weighted by Crippen LogP contribution is -2.53. The Morgan fingerprint density at radius 3 is 2.64 bits per heavy atom. The van der Waals surface area contributed by atoms with Gasteiger partial charge >= 0.3 is 0 Å². The number of carbonyl (C=O) groups is 2. The fourth-order valence-electron chi connectivity index (χ4n) is 3.33. The first kappa shape index (κ1) is 22.1. The van der Waals surface area contributed by atoms with E-state index < -0.39 is 11.5 Å². The Morgan fingerprint density at radius 2 is 2.04 bits per heavy atom. The van der Waals surface area contributed by atoms with Crippen LogP contribution in [0, 0.1) is 5.41 Å². The number of methoxy groups -OCH3 is 1. The van der Waals surface area contributed by atoms with Gasteiger partial charge in [-0.25, -0.2) is 4.98 Å². The number of ether oxygens (including phenoxy) is 1. The van der Waals surface area contributed by atoms with E-state index in [1.807, 2.05) is 40.0 Å². The number of aromatic nitrogens is 2. The first-order chi connectivity index (χ1) is 13.2. The second kappa shape index (κ2) is 9.34. The summed E-state index contributed by atoms with van der Waals surface area (Å²) in [5.41, 5.74) is 0.827. The van der Waals surface area contributed by atoms with E-state index in [0.29, 0.717) is 18.8 Å². The lowest BCUT2D eigenvalue weighted by atomic mass is 9.86. The van der Waals surface area contributed by atoms with Gasteiger partial charge in [0.05, 0.1) is 12.3 Å². The number of hydrogen-bond donors (Lipinski definition) is 2. The maximum absolute atomic E-state index is 13.1. The Morgan fingerprint density at radius 1 is 1.32 bits per heavy atom. The van der Waals surface area contributed by atoms with Gasteiger partial charge in [0.15, 0.2) is 5.69 Å². The van der Waals surface area contributed by atoms with Gasteiger partial charge in [0.2, 0.25) is 5.91 Å². The Labute approximate surface area is 167 Å². The van der Waals surface area contributed by atoms with Crippen molar-refractivity contribution in [3.05, 3.63) is 23.3 Å². The van der Waals surface area contributed by atoms with E-state index in [9.17, 15) is 9.59 Å². The minimum atomic E-state index is -0.654. The third-order valence-corrected chi connectivity index (χ3v) is 4.84. The quantitative estimate of drug-likeness (QED) is 0.762. The first-order valence-corrected chi connectivity index (χ1v) is 9.65. The number of likely N-dealkylation sites (N-methyl/N-ethyl adjacent to an activating group) is 1. The molecule has 0 aromatic carbocycles. The van der Waals surface area contributed by atoms with Crippen LogP contribution in [0.25, 0.3) is 6.08 Å². The summed E-state index contributed by atoms with van der Waals surface area (Å²) >= 11 is 0. The van der Waals surface area contributed by atoms with E-state index in [4.69, 9.17) is 4.74 Å². The lowest BCUT2D eigenvalue weighted by Gasteiger charge is -2.29. The van der Waals surface area contributed by atoms with Gasteiger partial charge in [-0.15, -0.1) is 0 Å². The molecule has 0 fully saturated rings. The zero-order chi connectivity index (χ0) is 20.9. The normalized spacial score (nSPS) is 16.5. The predicted molar refractivity (Wildman–Crippen MR) is 109 cm³/mol. The number of hydrogen-bond acceptors (Lipinski definition) is 5. The molecule has 1 aliphatic rings. The number of carbonyl (C=O) groups excluding carboxylic acids is 2. The van der Waals surface area contributed by atoms with Crippen molar-refractivity contribution in [3.8, 4) is 0 Å². The van der Waals surface area contributed by atoms with Crippen LogP contribution in [0.1, 0.15) is 49.2 Å². The average Bonchev–Trinajstić information content (AvgIpc) is 2.83. The smallest absolute Gasteiger partial charge is 0.272 e. The maximum Gasteiger partial charge on any atom is 0.272 e. The number of fused-ring (bicyclic) bond motifs is 1. The van der Waals surface area contributed by atoms with Crippen molar-refractivity contribution < 1.29 is 14.3 Å². The van der Waals surface area contributed by atoms with Crippen molar-refractivity contribution in [1.82, 2.24) is 25.1 Å². The molecule has 2 heterocycles. The number of nitrogens with one attached hydrogen (secondary N) is 2. The van der Waals surface area contributed by atoms with Gasteiger partial charge < -0.3 is 24.8 Å². The molecule has 0 saturated heterocycles. The molecule has 0 spiro atoms. The molecule has 0 aliphatic carbocycles. The molecule has 2 N–H and O–H groups in total. The summed E-state index contributed by atoms with van der Waals surface area (Å²) in [5.74, 6) is 0.192. The Balaban J connectivity index is 2.40. The topological polar surface area (TPSA) is 88.5 Å². The Hall–Kier alpha value is -2.19. The van der Waals surface area contributed by atoms with Crippen molar-refractivity contribution in [1.29, 1.82) is 0 Å². The van der Waals surface area contributed by atoms with Crippen LogP contribution in [-0.4, -0.2) is 66.7 Å². The van der Waals surface area contributed by atoms with Crippen molar-refractivity contribution in [2.24, 2.45) is 5.41 Å². The van der Waals surface area contributed by atoms with E-state index in [1.165, 1.54) is 0 Å². The predicted octanol–water partition coefficient (Wildman–Crippen LogP) is 1.27. The minimum absolute atomic E-state index is 0.219. The third-order valence-electron chi connectivity index (χ3n) is 4.84. The van der Waals surface area contributed by atoms with Crippen LogP contribution in [0.5, 0.6) is 0 Å². The van der Waals surface area contributed by atoms with Gasteiger partial charge in [0.1, 0.15) is 11.9 Å². The SMILES string of the molecule is CNC(=O)[C@@H](NC(=O)c1nc(C=CCOC)n2c1CN(C)CCC2)C(C)(C)C. The van der Waals surface area contributed by atoms with Crippen LogP contribution in [0.4, 0.5) is 0 Å². The second-order valence-corrected chi connectivity index (χ2v) is 8.25. The van der Waals surface area contributed by atoms with Crippen molar-refractivity contribution in [2.45, 2.75) is 46.3 Å². The van der Waals surface area contributed by atoms with Crippen LogP contribution in [0.3, 0.4) is 0 Å². The zero-order valence-electron chi connectivity index (χ0n) is 17.8. The van der Waals surface area contributed by atoms with E-state index in [-0.39, 0.29) is 11.8 Å². The highest BCUT2D eigenvalue weighted by Gasteiger charge is 2.34. The fourth-order valence-corrected chi connectivity index (χ4v) is 3.33. The van der Waals surface area contributed by atoms with Crippen LogP contribution < -0.4 is 10.6 Å². The van der Waals surface area contributed by atoms with Crippen LogP contribution in [0.15, 0.2) is 6.08 Å². The number of nitrogens with zero attached hydrogens (tertiary/aromatic N) is 3. The molecule has 2 rings (SSSR count). The zero-order valence-corrected chi connectivity index (χ0v) is 17.8. The summed E-state index contributed by atoms with van der Waals surface area (Å²) in [5, 5.41) is 5.53. The summed E-state index contributed by atoms with van der Waals surface area (Å²) in [6.45, 7) is 8.63. The summed E-state index contributed by atoms with van der Waals surface area (Å²) in [4.78, 5) is 32.2. The largest absolute Gasteiger partial charge is 0.381 e. The molecule has 0 bridgehead atoms. The van der Waals surface area contributed by atoms with E-state index >= 15 is 0 Å².